The first kappa shape index (κ1) is 17.6. The number of rotatable bonds is 7. The molecule has 0 saturated heterocycles. The Morgan fingerprint density at radius 1 is 1.16 bits per heavy atom. The molecule has 0 fully saturated rings. The number of carbonyl (C=O) groups is 2. The van der Waals surface area contributed by atoms with E-state index in [9.17, 15) is 19.7 Å². The molecule has 0 unspecified atom stereocenters. The highest BCUT2D eigenvalue weighted by atomic mass is 16.6. The van der Waals surface area contributed by atoms with Crippen molar-refractivity contribution in [1.29, 1.82) is 0 Å². The third kappa shape index (κ3) is 5.43. The first-order valence-corrected chi connectivity index (χ1v) is 7.05. The van der Waals surface area contributed by atoms with Crippen molar-refractivity contribution in [3.8, 4) is 5.75 Å². The van der Waals surface area contributed by atoms with E-state index in [2.05, 4.69) is 10.5 Å². The number of nitro benzene ring substituents is 1. The van der Waals surface area contributed by atoms with Crippen molar-refractivity contribution in [1.82, 2.24) is 5.43 Å². The van der Waals surface area contributed by atoms with E-state index in [0.29, 0.717) is 16.9 Å². The second-order valence-electron chi connectivity index (χ2n) is 4.83. The molecule has 9 heteroatoms. The molecule has 0 aromatic heterocycles. The molecule has 0 heterocycles. The Balaban J connectivity index is 1.90. The number of hydrazone groups is 1. The van der Waals surface area contributed by atoms with Gasteiger partial charge in [0.2, 0.25) is 0 Å². The average Bonchev–Trinajstić information content (AvgIpc) is 2.60. The Labute approximate surface area is 142 Å². The van der Waals surface area contributed by atoms with Crippen molar-refractivity contribution < 1.29 is 19.2 Å². The third-order valence-electron chi connectivity index (χ3n) is 2.98. The maximum atomic E-state index is 11.9. The molecule has 2 amide bonds. The van der Waals surface area contributed by atoms with E-state index >= 15 is 0 Å². The lowest BCUT2D eigenvalue weighted by Gasteiger charge is -2.04. The van der Waals surface area contributed by atoms with Crippen molar-refractivity contribution >= 4 is 23.7 Å². The molecule has 25 heavy (non-hydrogen) atoms. The molecule has 0 bridgehead atoms. The molecule has 0 aliphatic heterocycles. The number of nitrogens with one attached hydrogen (secondary N) is 1. The first-order valence-electron chi connectivity index (χ1n) is 7.05. The number of carbonyl (C=O) groups excluding carboxylic acids is 2. The number of non-ortho nitro benzene ring substituents is 1. The van der Waals surface area contributed by atoms with Gasteiger partial charge in [-0.05, 0) is 42.0 Å². The van der Waals surface area contributed by atoms with Crippen molar-refractivity contribution in [2.24, 2.45) is 10.8 Å². The minimum absolute atomic E-state index is 0.0279. The minimum Gasteiger partial charge on any atom is -0.484 e. The molecular formula is C16H14N4O5. The summed E-state index contributed by atoms with van der Waals surface area (Å²) >= 11 is 0. The van der Waals surface area contributed by atoms with E-state index in [4.69, 9.17) is 10.5 Å². The number of primary amides is 1. The summed E-state index contributed by atoms with van der Waals surface area (Å²) in [6.45, 7) is -0.245. The lowest BCUT2D eigenvalue weighted by atomic mass is 10.2. The van der Waals surface area contributed by atoms with Crippen LogP contribution in [0.5, 0.6) is 5.75 Å². The lowest BCUT2D eigenvalue weighted by molar-refractivity contribution is -0.384. The van der Waals surface area contributed by atoms with Gasteiger partial charge in [0, 0.05) is 17.7 Å². The molecular weight excluding hydrogens is 328 g/mol. The van der Waals surface area contributed by atoms with Gasteiger partial charge in [-0.2, -0.15) is 5.10 Å². The fraction of sp³-hybridized carbons (Fsp3) is 0.0625. The molecule has 9 nitrogen and oxygen atoms in total. The van der Waals surface area contributed by atoms with Gasteiger partial charge in [-0.25, -0.2) is 5.43 Å². The van der Waals surface area contributed by atoms with Crippen molar-refractivity contribution in [2.75, 3.05) is 6.61 Å². The van der Waals surface area contributed by atoms with Crippen LogP contribution in [0.4, 0.5) is 5.69 Å². The predicted octanol–water partition coefficient (Wildman–Crippen LogP) is 1.22. The number of ether oxygens (including phenoxy) is 1. The van der Waals surface area contributed by atoms with E-state index in [1.54, 1.807) is 0 Å². The topological polar surface area (TPSA) is 137 Å². The van der Waals surface area contributed by atoms with Gasteiger partial charge in [-0.15, -0.1) is 0 Å². The highest BCUT2D eigenvalue weighted by Gasteiger charge is 2.05. The summed E-state index contributed by atoms with van der Waals surface area (Å²) < 4.78 is 5.08. The van der Waals surface area contributed by atoms with Gasteiger partial charge in [0.05, 0.1) is 11.1 Å². The second kappa shape index (κ2) is 8.20. The molecule has 2 rings (SSSR count). The summed E-state index contributed by atoms with van der Waals surface area (Å²) in [5, 5.41) is 14.3. The summed E-state index contributed by atoms with van der Waals surface area (Å²) in [6.07, 6.45) is 1.37. The number of nitro groups is 1. The van der Waals surface area contributed by atoms with Crippen LogP contribution in [0.1, 0.15) is 15.9 Å². The third-order valence-corrected chi connectivity index (χ3v) is 2.98. The lowest BCUT2D eigenvalue weighted by Crippen LogP contribution is -2.20. The fourth-order valence-electron chi connectivity index (χ4n) is 1.77. The zero-order valence-electron chi connectivity index (χ0n) is 12.9. The van der Waals surface area contributed by atoms with Crippen LogP contribution in [-0.2, 0) is 4.79 Å². The quantitative estimate of drug-likeness (QED) is 0.443. The number of hydrogen-bond donors (Lipinski definition) is 2. The van der Waals surface area contributed by atoms with E-state index in [1.165, 1.54) is 54.7 Å². The number of nitrogens with zero attached hydrogens (tertiary/aromatic N) is 2. The average molecular weight is 342 g/mol. The van der Waals surface area contributed by atoms with E-state index in [-0.39, 0.29) is 12.3 Å². The van der Waals surface area contributed by atoms with Crippen LogP contribution >= 0.6 is 0 Å². The number of amides is 2. The summed E-state index contributed by atoms with van der Waals surface area (Å²) in [7, 11) is 0. The second-order valence-corrected chi connectivity index (χ2v) is 4.83. The van der Waals surface area contributed by atoms with E-state index in [0.717, 1.165) is 0 Å². The number of hydrogen-bond acceptors (Lipinski definition) is 6. The van der Waals surface area contributed by atoms with Gasteiger partial charge >= 0.3 is 0 Å². The molecule has 0 aliphatic carbocycles. The Morgan fingerprint density at radius 2 is 1.80 bits per heavy atom. The van der Waals surface area contributed by atoms with Crippen LogP contribution < -0.4 is 15.9 Å². The summed E-state index contributed by atoms with van der Waals surface area (Å²) in [5.41, 5.74) is 8.21. The highest BCUT2D eigenvalue weighted by Crippen LogP contribution is 2.12. The standard InChI is InChI=1S/C16H14N4O5/c17-15(21)10-25-14-7-3-12(4-8-14)16(22)19-18-9-11-1-5-13(6-2-11)20(23)24/h1-9H,10H2,(H2,17,21)(H,19,22). The van der Waals surface area contributed by atoms with Gasteiger partial charge < -0.3 is 10.5 Å². The highest BCUT2D eigenvalue weighted by molar-refractivity contribution is 5.95. The Hall–Kier alpha value is -3.75. The normalized spacial score (nSPS) is 10.4. The van der Waals surface area contributed by atoms with Gasteiger partial charge in [0.1, 0.15) is 5.75 Å². The molecule has 0 spiro atoms. The SMILES string of the molecule is NC(=O)COc1ccc(C(=O)NN=Cc2ccc([N+](=O)[O-])cc2)cc1. The van der Waals surface area contributed by atoms with Crippen LogP contribution in [0.25, 0.3) is 0 Å². The van der Waals surface area contributed by atoms with Crippen LogP contribution in [-0.4, -0.2) is 29.6 Å². The van der Waals surface area contributed by atoms with Crippen molar-refractivity contribution in [2.45, 2.75) is 0 Å². The maximum Gasteiger partial charge on any atom is 0.271 e. The summed E-state index contributed by atoms with van der Waals surface area (Å²) in [6, 6.07) is 11.8. The zero-order chi connectivity index (χ0) is 18.2. The molecule has 128 valence electrons. The van der Waals surface area contributed by atoms with Crippen LogP contribution in [0.3, 0.4) is 0 Å². The van der Waals surface area contributed by atoms with Crippen molar-refractivity contribution in [3.63, 3.8) is 0 Å². The molecule has 0 atom stereocenters. The summed E-state index contributed by atoms with van der Waals surface area (Å²) in [5.74, 6) is -0.633. The molecule has 0 saturated carbocycles. The maximum absolute atomic E-state index is 11.9. The van der Waals surface area contributed by atoms with E-state index in [1.807, 2.05) is 0 Å². The molecule has 3 N–H and O–H groups in total. The Kier molecular flexibility index (Phi) is 5.77. The molecule has 2 aromatic rings. The van der Waals surface area contributed by atoms with Gasteiger partial charge in [-0.1, -0.05) is 0 Å². The van der Waals surface area contributed by atoms with Crippen LogP contribution in [0.2, 0.25) is 0 Å². The molecule has 0 radical (unpaired) electrons. The first-order chi connectivity index (χ1) is 12.0. The van der Waals surface area contributed by atoms with E-state index < -0.39 is 16.7 Å². The number of nitrogens with two attached hydrogens (primary N) is 1. The van der Waals surface area contributed by atoms with Crippen molar-refractivity contribution in [3.05, 3.63) is 69.8 Å². The predicted molar refractivity (Wildman–Crippen MR) is 89.3 cm³/mol. The largest absolute Gasteiger partial charge is 0.484 e. The van der Waals surface area contributed by atoms with Gasteiger partial charge in [0.25, 0.3) is 17.5 Å². The van der Waals surface area contributed by atoms with Gasteiger partial charge in [0.15, 0.2) is 6.61 Å². The molecule has 2 aromatic carbocycles. The fourth-order valence-corrected chi connectivity index (χ4v) is 1.77. The Bertz CT molecular complexity index is 800. The minimum atomic E-state index is -0.595. The smallest absolute Gasteiger partial charge is 0.271 e. The Morgan fingerprint density at radius 3 is 2.36 bits per heavy atom. The van der Waals surface area contributed by atoms with Gasteiger partial charge in [-0.3, -0.25) is 19.7 Å². The zero-order valence-corrected chi connectivity index (χ0v) is 12.9. The van der Waals surface area contributed by atoms with Crippen LogP contribution in [0, 0.1) is 10.1 Å². The number of benzene rings is 2. The monoisotopic (exact) mass is 342 g/mol. The summed E-state index contributed by atoms with van der Waals surface area (Å²) in [4.78, 5) is 32.6. The molecule has 0 aliphatic rings. The van der Waals surface area contributed by atoms with Crippen LogP contribution in [0.15, 0.2) is 53.6 Å².